The standard InChI is InChI=1S/C19H19ClN4OS/c1-23-6-8-24(9-7-23)17-5-3-14(20)11-16(17)22-19(25)13-2-4-15-18(10-13)26-12-21-15/h2-5,10-12H,6-9H2,1H3,(H,22,25). The lowest BCUT2D eigenvalue weighted by Crippen LogP contribution is -2.44. The Morgan fingerprint density at radius 3 is 2.77 bits per heavy atom. The molecular formula is C19H19ClN4OS. The van der Waals surface area contributed by atoms with Gasteiger partial charge in [0.1, 0.15) is 0 Å². The molecule has 0 atom stereocenters. The Kier molecular flexibility index (Phi) is 4.80. The molecule has 0 aliphatic carbocycles. The highest BCUT2D eigenvalue weighted by atomic mass is 35.5. The first kappa shape index (κ1) is 17.3. The van der Waals surface area contributed by atoms with E-state index >= 15 is 0 Å². The second kappa shape index (κ2) is 7.23. The number of aromatic nitrogens is 1. The van der Waals surface area contributed by atoms with Gasteiger partial charge in [-0.25, -0.2) is 4.98 Å². The van der Waals surface area contributed by atoms with E-state index in [4.69, 9.17) is 11.6 Å². The summed E-state index contributed by atoms with van der Waals surface area (Å²) >= 11 is 7.72. The summed E-state index contributed by atoms with van der Waals surface area (Å²) in [4.78, 5) is 21.6. The van der Waals surface area contributed by atoms with Crippen LogP contribution < -0.4 is 10.2 Å². The summed E-state index contributed by atoms with van der Waals surface area (Å²) in [5.41, 5.74) is 5.07. The van der Waals surface area contributed by atoms with Crippen molar-refractivity contribution < 1.29 is 4.79 Å². The van der Waals surface area contributed by atoms with Gasteiger partial charge in [0.25, 0.3) is 5.91 Å². The van der Waals surface area contributed by atoms with Gasteiger partial charge in [0.15, 0.2) is 0 Å². The maximum absolute atomic E-state index is 12.8. The van der Waals surface area contributed by atoms with E-state index in [1.165, 1.54) is 11.3 Å². The maximum atomic E-state index is 12.8. The molecule has 26 heavy (non-hydrogen) atoms. The molecule has 7 heteroatoms. The average Bonchev–Trinajstić information content (AvgIpc) is 3.10. The van der Waals surface area contributed by atoms with Crippen molar-refractivity contribution in [3.63, 3.8) is 0 Å². The van der Waals surface area contributed by atoms with Crippen LogP contribution in [0.4, 0.5) is 11.4 Å². The van der Waals surface area contributed by atoms with Crippen LogP contribution in [-0.2, 0) is 0 Å². The summed E-state index contributed by atoms with van der Waals surface area (Å²) in [6.45, 7) is 3.85. The molecular weight excluding hydrogens is 368 g/mol. The molecule has 1 fully saturated rings. The normalized spacial score (nSPS) is 15.4. The molecule has 3 aromatic rings. The van der Waals surface area contributed by atoms with Gasteiger partial charge in [-0.3, -0.25) is 4.79 Å². The van der Waals surface area contributed by atoms with Crippen molar-refractivity contribution in [2.24, 2.45) is 0 Å². The van der Waals surface area contributed by atoms with Gasteiger partial charge in [0, 0.05) is 36.8 Å². The summed E-state index contributed by atoms with van der Waals surface area (Å²) < 4.78 is 1.00. The highest BCUT2D eigenvalue weighted by Gasteiger charge is 2.19. The van der Waals surface area contributed by atoms with E-state index in [2.05, 4.69) is 27.1 Å². The molecule has 1 aromatic heterocycles. The Morgan fingerprint density at radius 2 is 1.96 bits per heavy atom. The molecule has 1 amide bonds. The highest BCUT2D eigenvalue weighted by Crippen LogP contribution is 2.30. The third-order valence-electron chi connectivity index (χ3n) is 4.64. The van der Waals surface area contributed by atoms with Crippen LogP contribution in [-0.4, -0.2) is 49.0 Å². The van der Waals surface area contributed by atoms with Crippen LogP contribution in [0, 0.1) is 0 Å². The molecule has 0 radical (unpaired) electrons. The number of rotatable bonds is 3. The van der Waals surface area contributed by atoms with E-state index in [0.29, 0.717) is 10.6 Å². The molecule has 1 aliphatic heterocycles. The quantitative estimate of drug-likeness (QED) is 0.740. The van der Waals surface area contributed by atoms with Crippen molar-refractivity contribution in [2.45, 2.75) is 0 Å². The third kappa shape index (κ3) is 3.53. The Bertz CT molecular complexity index is 950. The SMILES string of the molecule is CN1CCN(c2ccc(Cl)cc2NC(=O)c2ccc3ncsc3c2)CC1. The summed E-state index contributed by atoms with van der Waals surface area (Å²) in [6, 6.07) is 11.2. The minimum Gasteiger partial charge on any atom is -0.367 e. The number of likely N-dealkylation sites (N-methyl/N-ethyl adjacent to an activating group) is 1. The Balaban J connectivity index is 1.60. The van der Waals surface area contributed by atoms with Crippen molar-refractivity contribution in [3.8, 4) is 0 Å². The molecule has 4 rings (SSSR count). The van der Waals surface area contributed by atoms with Gasteiger partial charge in [-0.05, 0) is 43.4 Å². The molecule has 0 saturated carbocycles. The van der Waals surface area contributed by atoms with Crippen LogP contribution in [0.25, 0.3) is 10.2 Å². The van der Waals surface area contributed by atoms with Crippen molar-refractivity contribution in [1.29, 1.82) is 0 Å². The number of hydrogen-bond acceptors (Lipinski definition) is 5. The lowest BCUT2D eigenvalue weighted by Gasteiger charge is -2.35. The number of hydrogen-bond donors (Lipinski definition) is 1. The highest BCUT2D eigenvalue weighted by molar-refractivity contribution is 7.16. The van der Waals surface area contributed by atoms with Gasteiger partial charge in [0.05, 0.1) is 27.1 Å². The van der Waals surface area contributed by atoms with Crippen molar-refractivity contribution >= 4 is 50.4 Å². The Morgan fingerprint density at radius 1 is 1.15 bits per heavy atom. The zero-order chi connectivity index (χ0) is 18.1. The number of nitrogens with one attached hydrogen (secondary N) is 1. The number of nitrogens with zero attached hydrogens (tertiary/aromatic N) is 3. The first-order valence-electron chi connectivity index (χ1n) is 8.48. The zero-order valence-corrected chi connectivity index (χ0v) is 16.0. The molecule has 1 aliphatic rings. The summed E-state index contributed by atoms with van der Waals surface area (Å²) in [7, 11) is 2.12. The minimum atomic E-state index is -0.141. The predicted molar refractivity (Wildman–Crippen MR) is 109 cm³/mol. The van der Waals surface area contributed by atoms with Crippen molar-refractivity contribution in [1.82, 2.24) is 9.88 Å². The summed E-state index contributed by atoms with van der Waals surface area (Å²) in [5.74, 6) is -0.141. The average molecular weight is 387 g/mol. The fourth-order valence-corrected chi connectivity index (χ4v) is 4.01. The zero-order valence-electron chi connectivity index (χ0n) is 14.4. The molecule has 0 bridgehead atoms. The van der Waals surface area contributed by atoms with Crippen LogP contribution in [0.3, 0.4) is 0 Å². The van der Waals surface area contributed by atoms with Crippen LogP contribution in [0.5, 0.6) is 0 Å². The summed E-state index contributed by atoms with van der Waals surface area (Å²) in [6.07, 6.45) is 0. The monoisotopic (exact) mass is 386 g/mol. The van der Waals surface area contributed by atoms with Crippen LogP contribution in [0.2, 0.25) is 5.02 Å². The van der Waals surface area contributed by atoms with Crippen molar-refractivity contribution in [3.05, 3.63) is 52.5 Å². The topological polar surface area (TPSA) is 48.5 Å². The van der Waals surface area contributed by atoms with Gasteiger partial charge in [-0.15, -0.1) is 11.3 Å². The first-order valence-corrected chi connectivity index (χ1v) is 9.73. The lowest BCUT2D eigenvalue weighted by atomic mass is 10.1. The van der Waals surface area contributed by atoms with E-state index < -0.39 is 0 Å². The molecule has 134 valence electrons. The molecule has 5 nitrogen and oxygen atoms in total. The second-order valence-corrected chi connectivity index (χ2v) is 7.76. The van der Waals surface area contributed by atoms with Gasteiger partial charge < -0.3 is 15.1 Å². The van der Waals surface area contributed by atoms with E-state index in [-0.39, 0.29) is 5.91 Å². The molecule has 1 N–H and O–H groups in total. The fourth-order valence-electron chi connectivity index (χ4n) is 3.12. The second-order valence-electron chi connectivity index (χ2n) is 6.44. The third-order valence-corrected chi connectivity index (χ3v) is 5.67. The van der Waals surface area contributed by atoms with Gasteiger partial charge in [0.2, 0.25) is 0 Å². The number of carbonyl (C=O) groups excluding carboxylic acids is 1. The lowest BCUT2D eigenvalue weighted by molar-refractivity contribution is 0.102. The fraction of sp³-hybridized carbons (Fsp3) is 0.263. The predicted octanol–water partition coefficient (Wildman–Crippen LogP) is 3.95. The number of thiazole rings is 1. The van der Waals surface area contributed by atoms with Gasteiger partial charge in [-0.2, -0.15) is 0 Å². The van der Waals surface area contributed by atoms with Crippen molar-refractivity contribution in [2.75, 3.05) is 43.4 Å². The number of amides is 1. The first-order chi connectivity index (χ1) is 12.6. The number of benzene rings is 2. The number of carbonyl (C=O) groups is 1. The van der Waals surface area contributed by atoms with E-state index in [0.717, 1.165) is 47.8 Å². The number of halogens is 1. The van der Waals surface area contributed by atoms with Gasteiger partial charge >= 0.3 is 0 Å². The van der Waals surface area contributed by atoms with E-state index in [1.54, 1.807) is 11.6 Å². The molecule has 2 aromatic carbocycles. The molecule has 1 saturated heterocycles. The largest absolute Gasteiger partial charge is 0.367 e. The Hall–Kier alpha value is -2.15. The molecule has 2 heterocycles. The number of piperazine rings is 1. The van der Waals surface area contributed by atoms with Crippen LogP contribution in [0.15, 0.2) is 41.9 Å². The smallest absolute Gasteiger partial charge is 0.255 e. The molecule has 0 unspecified atom stereocenters. The maximum Gasteiger partial charge on any atom is 0.255 e. The molecule has 0 spiro atoms. The van der Waals surface area contributed by atoms with E-state index in [1.807, 2.05) is 30.3 Å². The van der Waals surface area contributed by atoms with Crippen LogP contribution in [0.1, 0.15) is 10.4 Å². The number of anilines is 2. The summed E-state index contributed by atoms with van der Waals surface area (Å²) in [5, 5.41) is 3.65. The number of fused-ring (bicyclic) bond motifs is 1. The van der Waals surface area contributed by atoms with Crippen LogP contribution >= 0.6 is 22.9 Å². The van der Waals surface area contributed by atoms with Gasteiger partial charge in [-0.1, -0.05) is 11.6 Å². The van der Waals surface area contributed by atoms with E-state index in [9.17, 15) is 4.79 Å². The minimum absolute atomic E-state index is 0.141. The Labute approximate surface area is 161 Å².